The average molecular weight is 211 g/mol. The minimum Gasteiger partial charge on any atom is -0.369 e. The third-order valence-corrected chi connectivity index (χ3v) is 3.65. The SMILES string of the molecule is CNCC1CCC(c2ccsc2C)O1. The number of thiophene rings is 1. The summed E-state index contributed by atoms with van der Waals surface area (Å²) in [7, 11) is 1.98. The van der Waals surface area contributed by atoms with Gasteiger partial charge in [0.2, 0.25) is 0 Å². The molecule has 0 bridgehead atoms. The first-order valence-electron chi connectivity index (χ1n) is 5.15. The van der Waals surface area contributed by atoms with Gasteiger partial charge in [0.05, 0.1) is 12.2 Å². The highest BCUT2D eigenvalue weighted by atomic mass is 32.1. The van der Waals surface area contributed by atoms with Crippen molar-refractivity contribution >= 4 is 11.3 Å². The minimum absolute atomic E-state index is 0.347. The Labute approximate surface area is 89.3 Å². The molecule has 0 amide bonds. The van der Waals surface area contributed by atoms with Crippen LogP contribution < -0.4 is 5.32 Å². The summed E-state index contributed by atoms with van der Waals surface area (Å²) in [4.78, 5) is 1.40. The smallest absolute Gasteiger partial charge is 0.0840 e. The Bertz CT molecular complexity index is 297. The monoisotopic (exact) mass is 211 g/mol. The molecule has 2 atom stereocenters. The van der Waals surface area contributed by atoms with Crippen molar-refractivity contribution in [2.45, 2.75) is 32.0 Å². The van der Waals surface area contributed by atoms with E-state index < -0.39 is 0 Å². The van der Waals surface area contributed by atoms with Crippen LogP contribution >= 0.6 is 11.3 Å². The van der Waals surface area contributed by atoms with Crippen molar-refractivity contribution in [2.75, 3.05) is 13.6 Å². The molecule has 1 fully saturated rings. The van der Waals surface area contributed by atoms with E-state index in [1.807, 2.05) is 18.4 Å². The first-order valence-corrected chi connectivity index (χ1v) is 6.03. The second-order valence-corrected chi connectivity index (χ2v) is 4.93. The standard InChI is InChI=1S/C11H17NOS/c1-8-10(5-6-14-8)11-4-3-9(13-11)7-12-2/h5-6,9,11-12H,3-4,7H2,1-2H3. The molecule has 0 aromatic carbocycles. The van der Waals surface area contributed by atoms with Gasteiger partial charge in [-0.3, -0.25) is 0 Å². The van der Waals surface area contributed by atoms with Crippen molar-refractivity contribution in [1.29, 1.82) is 0 Å². The maximum Gasteiger partial charge on any atom is 0.0840 e. The molecule has 2 rings (SSSR count). The van der Waals surface area contributed by atoms with E-state index in [0.717, 1.165) is 6.54 Å². The molecule has 3 heteroatoms. The summed E-state index contributed by atoms with van der Waals surface area (Å²) in [6, 6.07) is 2.20. The molecular formula is C11H17NOS. The summed E-state index contributed by atoms with van der Waals surface area (Å²) in [5.74, 6) is 0. The van der Waals surface area contributed by atoms with Crippen molar-refractivity contribution in [1.82, 2.24) is 5.32 Å². The highest BCUT2D eigenvalue weighted by Gasteiger charge is 2.27. The summed E-state index contributed by atoms with van der Waals surface area (Å²) in [5, 5.41) is 5.32. The predicted molar refractivity (Wildman–Crippen MR) is 59.8 cm³/mol. The van der Waals surface area contributed by atoms with Crippen LogP contribution in [-0.4, -0.2) is 19.7 Å². The van der Waals surface area contributed by atoms with Gasteiger partial charge in [0.25, 0.3) is 0 Å². The minimum atomic E-state index is 0.347. The van der Waals surface area contributed by atoms with Crippen molar-refractivity contribution in [3.05, 3.63) is 21.9 Å². The molecule has 1 aliphatic heterocycles. The zero-order valence-electron chi connectivity index (χ0n) is 8.75. The van der Waals surface area contributed by atoms with Gasteiger partial charge in [-0.1, -0.05) is 0 Å². The summed E-state index contributed by atoms with van der Waals surface area (Å²) < 4.78 is 5.97. The number of hydrogen-bond donors (Lipinski definition) is 1. The van der Waals surface area contributed by atoms with Gasteiger partial charge < -0.3 is 10.1 Å². The molecule has 0 spiro atoms. The van der Waals surface area contributed by atoms with Gasteiger partial charge in [-0.25, -0.2) is 0 Å². The molecule has 2 nitrogen and oxygen atoms in total. The lowest BCUT2D eigenvalue weighted by molar-refractivity contribution is 0.0460. The molecule has 2 heterocycles. The molecule has 2 unspecified atom stereocenters. The lowest BCUT2D eigenvalue weighted by atomic mass is 10.1. The van der Waals surface area contributed by atoms with Gasteiger partial charge in [-0.2, -0.15) is 0 Å². The largest absolute Gasteiger partial charge is 0.369 e. The van der Waals surface area contributed by atoms with Crippen molar-refractivity contribution < 1.29 is 4.74 Å². The molecule has 1 aliphatic rings. The number of likely N-dealkylation sites (N-methyl/N-ethyl adjacent to an activating group) is 1. The van der Waals surface area contributed by atoms with Gasteiger partial charge in [0, 0.05) is 11.4 Å². The van der Waals surface area contributed by atoms with Crippen LogP contribution in [0.2, 0.25) is 0 Å². The van der Waals surface area contributed by atoms with E-state index in [1.54, 1.807) is 0 Å². The third-order valence-electron chi connectivity index (χ3n) is 2.79. The summed E-state index contributed by atoms with van der Waals surface area (Å²) >= 11 is 1.81. The maximum atomic E-state index is 5.97. The maximum absolute atomic E-state index is 5.97. The van der Waals surface area contributed by atoms with E-state index in [-0.39, 0.29) is 0 Å². The Morgan fingerprint density at radius 3 is 3.07 bits per heavy atom. The normalized spacial score (nSPS) is 27.0. The van der Waals surface area contributed by atoms with Crippen LogP contribution in [0, 0.1) is 6.92 Å². The highest BCUT2D eigenvalue weighted by molar-refractivity contribution is 7.10. The molecule has 1 aromatic heterocycles. The van der Waals surface area contributed by atoms with Crippen LogP contribution in [0.5, 0.6) is 0 Å². The first kappa shape index (κ1) is 10.1. The quantitative estimate of drug-likeness (QED) is 0.829. The Morgan fingerprint density at radius 1 is 1.57 bits per heavy atom. The van der Waals surface area contributed by atoms with E-state index in [0.29, 0.717) is 12.2 Å². The molecule has 78 valence electrons. The van der Waals surface area contributed by atoms with Crippen molar-refractivity contribution in [3.8, 4) is 0 Å². The zero-order valence-corrected chi connectivity index (χ0v) is 9.56. The molecule has 14 heavy (non-hydrogen) atoms. The predicted octanol–water partition coefficient (Wildman–Crippen LogP) is 2.50. The lowest BCUT2D eigenvalue weighted by Crippen LogP contribution is -2.22. The molecule has 0 radical (unpaired) electrons. The van der Waals surface area contributed by atoms with Gasteiger partial charge in [-0.15, -0.1) is 11.3 Å². The Hall–Kier alpha value is -0.380. The zero-order chi connectivity index (χ0) is 9.97. The lowest BCUT2D eigenvalue weighted by Gasteiger charge is -2.13. The number of aryl methyl sites for hydroxylation is 1. The van der Waals surface area contributed by atoms with Crippen LogP contribution in [-0.2, 0) is 4.74 Å². The van der Waals surface area contributed by atoms with Gasteiger partial charge in [0.15, 0.2) is 0 Å². The summed E-state index contributed by atoms with van der Waals surface area (Å²) in [6.07, 6.45) is 3.11. The van der Waals surface area contributed by atoms with Gasteiger partial charge in [-0.05, 0) is 43.8 Å². The molecule has 0 saturated carbocycles. The third kappa shape index (κ3) is 2.00. The average Bonchev–Trinajstić information content (AvgIpc) is 2.74. The van der Waals surface area contributed by atoms with Gasteiger partial charge in [0.1, 0.15) is 0 Å². The van der Waals surface area contributed by atoms with E-state index in [1.165, 1.54) is 23.3 Å². The molecule has 1 saturated heterocycles. The Kier molecular flexibility index (Phi) is 3.21. The number of rotatable bonds is 3. The number of hydrogen-bond acceptors (Lipinski definition) is 3. The fourth-order valence-corrected chi connectivity index (χ4v) is 2.80. The first-order chi connectivity index (χ1) is 6.81. The Balaban J connectivity index is 1.99. The summed E-state index contributed by atoms with van der Waals surface area (Å²) in [6.45, 7) is 3.15. The van der Waals surface area contributed by atoms with Gasteiger partial charge >= 0.3 is 0 Å². The molecular weight excluding hydrogens is 194 g/mol. The molecule has 1 N–H and O–H groups in total. The fourth-order valence-electron chi connectivity index (χ4n) is 2.04. The second-order valence-electron chi connectivity index (χ2n) is 3.81. The fraction of sp³-hybridized carbons (Fsp3) is 0.636. The van der Waals surface area contributed by atoms with E-state index in [4.69, 9.17) is 4.74 Å². The Morgan fingerprint density at radius 2 is 2.43 bits per heavy atom. The van der Waals surface area contributed by atoms with Crippen LogP contribution in [0.4, 0.5) is 0 Å². The van der Waals surface area contributed by atoms with Crippen molar-refractivity contribution in [2.24, 2.45) is 0 Å². The van der Waals surface area contributed by atoms with Crippen LogP contribution in [0.1, 0.15) is 29.4 Å². The second kappa shape index (κ2) is 4.43. The number of nitrogens with one attached hydrogen (secondary N) is 1. The van der Waals surface area contributed by atoms with E-state index in [2.05, 4.69) is 23.7 Å². The van der Waals surface area contributed by atoms with Crippen LogP contribution in [0.3, 0.4) is 0 Å². The topological polar surface area (TPSA) is 21.3 Å². The number of ether oxygens (including phenoxy) is 1. The molecule has 0 aliphatic carbocycles. The highest BCUT2D eigenvalue weighted by Crippen LogP contribution is 2.35. The van der Waals surface area contributed by atoms with Crippen molar-refractivity contribution in [3.63, 3.8) is 0 Å². The summed E-state index contributed by atoms with van der Waals surface area (Å²) in [5.41, 5.74) is 1.40. The van der Waals surface area contributed by atoms with E-state index >= 15 is 0 Å². The molecule has 1 aromatic rings. The van der Waals surface area contributed by atoms with Crippen LogP contribution in [0.15, 0.2) is 11.4 Å². The van der Waals surface area contributed by atoms with Crippen LogP contribution in [0.25, 0.3) is 0 Å². The van der Waals surface area contributed by atoms with E-state index in [9.17, 15) is 0 Å².